The van der Waals surface area contributed by atoms with Gasteiger partial charge in [0.15, 0.2) is 5.96 Å². The number of guanidine groups is 1. The minimum Gasteiger partial charge on any atom is -0.356 e. The topological polar surface area (TPSA) is 94.3 Å². The number of amides is 1. The van der Waals surface area contributed by atoms with Gasteiger partial charge in [0.05, 0.1) is 18.0 Å². The van der Waals surface area contributed by atoms with E-state index in [1.165, 1.54) is 12.1 Å². The zero-order valence-electron chi connectivity index (χ0n) is 18.6. The van der Waals surface area contributed by atoms with Crippen molar-refractivity contribution in [2.45, 2.75) is 33.2 Å². The molecule has 0 unspecified atom stereocenters. The molecule has 0 saturated carbocycles. The molecule has 170 valence electrons. The van der Waals surface area contributed by atoms with Gasteiger partial charge in [-0.25, -0.2) is 4.99 Å². The van der Waals surface area contributed by atoms with Crippen molar-refractivity contribution in [3.63, 3.8) is 0 Å². The van der Waals surface area contributed by atoms with Gasteiger partial charge in [-0.1, -0.05) is 26.0 Å². The molecule has 31 heavy (non-hydrogen) atoms. The smallest absolute Gasteiger partial charge is 0.269 e. The van der Waals surface area contributed by atoms with E-state index in [1.807, 2.05) is 4.90 Å². The molecule has 2 fully saturated rings. The maximum Gasteiger partial charge on any atom is 0.269 e. The molecule has 2 heterocycles. The molecule has 3 rings (SSSR count). The summed E-state index contributed by atoms with van der Waals surface area (Å²) in [6, 6.07) is 6.54. The normalized spacial score (nSPS) is 18.0. The Morgan fingerprint density at radius 3 is 2.29 bits per heavy atom. The number of benzene rings is 1. The van der Waals surface area contributed by atoms with Gasteiger partial charge < -0.3 is 15.1 Å². The molecule has 0 atom stereocenters. The van der Waals surface area contributed by atoms with E-state index in [9.17, 15) is 14.9 Å². The van der Waals surface area contributed by atoms with E-state index < -0.39 is 4.92 Å². The number of rotatable bonds is 7. The Kier molecular flexibility index (Phi) is 8.22. The van der Waals surface area contributed by atoms with Crippen molar-refractivity contribution >= 4 is 17.6 Å². The molecule has 1 amide bonds. The van der Waals surface area contributed by atoms with Crippen molar-refractivity contribution < 1.29 is 9.72 Å². The van der Waals surface area contributed by atoms with E-state index in [4.69, 9.17) is 4.99 Å². The van der Waals surface area contributed by atoms with E-state index in [2.05, 4.69) is 29.0 Å². The van der Waals surface area contributed by atoms with Crippen LogP contribution in [0.25, 0.3) is 0 Å². The molecule has 9 nitrogen and oxygen atoms in total. The zero-order chi connectivity index (χ0) is 22.2. The second-order valence-corrected chi connectivity index (χ2v) is 8.69. The molecule has 0 aromatic heterocycles. The molecule has 2 aliphatic heterocycles. The number of hydrogen-bond donors (Lipinski definition) is 1. The third kappa shape index (κ3) is 6.92. The lowest BCUT2D eigenvalue weighted by molar-refractivity contribution is -0.384. The molecule has 0 radical (unpaired) electrons. The summed E-state index contributed by atoms with van der Waals surface area (Å²) in [6.45, 7) is 11.2. The Morgan fingerprint density at radius 1 is 1.06 bits per heavy atom. The first-order valence-corrected chi connectivity index (χ1v) is 11.2. The Bertz CT molecular complexity index is 766. The van der Waals surface area contributed by atoms with Crippen molar-refractivity contribution in [3.8, 4) is 0 Å². The Hall–Kier alpha value is -2.68. The van der Waals surface area contributed by atoms with Gasteiger partial charge in [-0.3, -0.25) is 19.8 Å². The number of non-ortho nitro benzene ring substituents is 1. The summed E-state index contributed by atoms with van der Waals surface area (Å²) in [4.78, 5) is 34.1. The van der Waals surface area contributed by atoms with Gasteiger partial charge in [0, 0.05) is 57.9 Å². The predicted molar refractivity (Wildman–Crippen MR) is 121 cm³/mol. The molecule has 1 aromatic rings. The van der Waals surface area contributed by atoms with Crippen LogP contribution < -0.4 is 5.32 Å². The fourth-order valence-corrected chi connectivity index (χ4v) is 3.83. The number of nitro benzene ring substituents is 1. The zero-order valence-corrected chi connectivity index (χ0v) is 18.6. The average Bonchev–Trinajstić information content (AvgIpc) is 3.30. The van der Waals surface area contributed by atoms with Crippen molar-refractivity contribution in [1.29, 1.82) is 0 Å². The Balaban J connectivity index is 1.56. The summed E-state index contributed by atoms with van der Waals surface area (Å²) in [5, 5.41) is 14.3. The maximum atomic E-state index is 12.4. The number of carbonyl (C=O) groups excluding carboxylic acids is 1. The third-order valence-corrected chi connectivity index (χ3v) is 5.72. The van der Waals surface area contributed by atoms with Crippen molar-refractivity contribution in [2.75, 3.05) is 52.4 Å². The quantitative estimate of drug-likeness (QED) is 0.307. The van der Waals surface area contributed by atoms with Crippen LogP contribution in [0.1, 0.15) is 32.3 Å². The number of aliphatic imine (C=N–C) groups is 1. The van der Waals surface area contributed by atoms with Gasteiger partial charge in [0.1, 0.15) is 0 Å². The van der Waals surface area contributed by atoms with Gasteiger partial charge in [-0.2, -0.15) is 0 Å². The minimum absolute atomic E-state index is 0.0884. The highest BCUT2D eigenvalue weighted by Gasteiger charge is 2.24. The Morgan fingerprint density at radius 2 is 1.71 bits per heavy atom. The van der Waals surface area contributed by atoms with E-state index >= 15 is 0 Å². The maximum absolute atomic E-state index is 12.4. The first-order valence-electron chi connectivity index (χ1n) is 11.2. The average molecular weight is 431 g/mol. The number of nitro groups is 1. The van der Waals surface area contributed by atoms with Gasteiger partial charge >= 0.3 is 0 Å². The van der Waals surface area contributed by atoms with Gasteiger partial charge in [0.2, 0.25) is 5.91 Å². The Labute approximate surface area is 184 Å². The lowest BCUT2D eigenvalue weighted by atomic mass is 10.2. The number of likely N-dealkylation sites (tertiary alicyclic amines) is 1. The van der Waals surface area contributed by atoms with Crippen LogP contribution in [-0.4, -0.2) is 83.8 Å². The molecular weight excluding hydrogens is 396 g/mol. The largest absolute Gasteiger partial charge is 0.356 e. The number of nitrogens with zero attached hydrogens (tertiary/aromatic N) is 5. The van der Waals surface area contributed by atoms with E-state index in [1.54, 1.807) is 12.1 Å². The van der Waals surface area contributed by atoms with Gasteiger partial charge in [-0.15, -0.1) is 0 Å². The highest BCUT2D eigenvalue weighted by atomic mass is 16.6. The second-order valence-electron chi connectivity index (χ2n) is 8.69. The van der Waals surface area contributed by atoms with E-state index in [-0.39, 0.29) is 11.6 Å². The third-order valence-electron chi connectivity index (χ3n) is 5.72. The molecule has 1 aromatic carbocycles. The van der Waals surface area contributed by atoms with Crippen LogP contribution in [0.5, 0.6) is 0 Å². The van der Waals surface area contributed by atoms with Gasteiger partial charge in [0.25, 0.3) is 5.69 Å². The fourth-order valence-electron chi connectivity index (χ4n) is 3.83. The molecule has 1 N–H and O–H groups in total. The van der Waals surface area contributed by atoms with E-state index in [0.29, 0.717) is 19.0 Å². The van der Waals surface area contributed by atoms with Crippen molar-refractivity contribution in [3.05, 3.63) is 39.9 Å². The summed E-state index contributed by atoms with van der Waals surface area (Å²) in [7, 11) is 0. The monoisotopic (exact) mass is 430 g/mol. The molecular formula is C22H34N6O3. The lowest BCUT2D eigenvalue weighted by Crippen LogP contribution is -2.54. The second kappa shape index (κ2) is 11.1. The van der Waals surface area contributed by atoms with Crippen molar-refractivity contribution in [1.82, 2.24) is 20.0 Å². The summed E-state index contributed by atoms with van der Waals surface area (Å²) in [6.07, 6.45) is 2.24. The van der Waals surface area contributed by atoms with Crippen LogP contribution in [0.15, 0.2) is 29.3 Å². The highest BCUT2D eigenvalue weighted by Crippen LogP contribution is 2.13. The van der Waals surface area contributed by atoms with Crippen LogP contribution in [0.2, 0.25) is 0 Å². The summed E-state index contributed by atoms with van der Waals surface area (Å²) in [5.74, 6) is 1.59. The number of carbonyl (C=O) groups is 1. The predicted octanol–water partition coefficient (Wildman–Crippen LogP) is 1.94. The SMILES string of the molecule is CC(C)CNC(=NCc1ccc([N+](=O)[O-])cc1)N1CCN(CC(=O)N2CCCC2)CC1. The minimum atomic E-state index is -0.392. The van der Waals surface area contributed by atoms with Gasteiger partial charge in [-0.05, 0) is 24.3 Å². The summed E-state index contributed by atoms with van der Waals surface area (Å²) < 4.78 is 0. The molecule has 0 bridgehead atoms. The van der Waals surface area contributed by atoms with Crippen LogP contribution >= 0.6 is 0 Å². The number of piperazine rings is 1. The molecule has 0 spiro atoms. The van der Waals surface area contributed by atoms with Crippen molar-refractivity contribution in [2.24, 2.45) is 10.9 Å². The standard InChI is InChI=1S/C22H34N6O3/c1-18(2)15-23-22(24-16-19-5-7-20(8-6-19)28(30)31)27-13-11-25(12-14-27)17-21(29)26-9-3-4-10-26/h5-8,18H,3-4,9-17H2,1-2H3,(H,23,24). The van der Waals surface area contributed by atoms with Crippen LogP contribution in [0.3, 0.4) is 0 Å². The number of hydrogen-bond acceptors (Lipinski definition) is 5. The van der Waals surface area contributed by atoms with E-state index in [0.717, 1.165) is 70.2 Å². The fraction of sp³-hybridized carbons (Fsp3) is 0.636. The first kappa shape index (κ1) is 23.0. The van der Waals surface area contributed by atoms with Crippen LogP contribution in [0, 0.1) is 16.0 Å². The highest BCUT2D eigenvalue weighted by molar-refractivity contribution is 5.80. The molecule has 9 heteroatoms. The summed E-state index contributed by atoms with van der Waals surface area (Å²) in [5.41, 5.74) is 1.02. The molecule has 2 aliphatic rings. The molecule has 0 aliphatic carbocycles. The first-order chi connectivity index (χ1) is 14.9. The molecule has 2 saturated heterocycles. The van der Waals surface area contributed by atoms with Crippen LogP contribution in [0.4, 0.5) is 5.69 Å². The van der Waals surface area contributed by atoms with Crippen LogP contribution in [-0.2, 0) is 11.3 Å². The lowest BCUT2D eigenvalue weighted by Gasteiger charge is -2.37. The summed E-state index contributed by atoms with van der Waals surface area (Å²) >= 11 is 0. The number of nitrogens with one attached hydrogen (secondary N) is 1.